The zero-order chi connectivity index (χ0) is 20.4. The Balaban J connectivity index is 1.51. The Morgan fingerprint density at radius 3 is 2.41 bits per heavy atom. The molecule has 0 fully saturated rings. The molecule has 2 N–H and O–H groups in total. The summed E-state index contributed by atoms with van der Waals surface area (Å²) in [6, 6.07) is 13.7. The van der Waals surface area contributed by atoms with Crippen LogP contribution in [0.15, 0.2) is 48.5 Å². The van der Waals surface area contributed by atoms with Crippen LogP contribution in [-0.4, -0.2) is 28.5 Å². The Morgan fingerprint density at radius 2 is 1.66 bits per heavy atom. The minimum absolute atomic E-state index is 0.00287. The Kier molecular flexibility index (Phi) is 4.82. The van der Waals surface area contributed by atoms with Crippen LogP contribution < -0.4 is 20.1 Å². The molecule has 1 aliphatic heterocycles. The number of carbonyl (C=O) groups is 2. The highest BCUT2D eigenvalue weighted by Gasteiger charge is 2.16. The van der Waals surface area contributed by atoms with E-state index < -0.39 is 0 Å². The molecular weight excluding hydrogens is 372 g/mol. The third kappa shape index (κ3) is 4.16. The van der Waals surface area contributed by atoms with E-state index in [-0.39, 0.29) is 24.2 Å². The van der Waals surface area contributed by atoms with Crippen LogP contribution in [0.4, 0.5) is 17.2 Å². The first-order valence-electron chi connectivity index (χ1n) is 8.93. The number of rotatable bonds is 5. The molecule has 1 aromatic heterocycles. The van der Waals surface area contributed by atoms with Crippen LogP contribution >= 0.6 is 0 Å². The first-order valence-corrected chi connectivity index (χ1v) is 8.93. The van der Waals surface area contributed by atoms with Gasteiger partial charge in [-0.1, -0.05) is 0 Å². The zero-order valence-electron chi connectivity index (χ0n) is 15.9. The summed E-state index contributed by atoms with van der Waals surface area (Å²) in [5.41, 5.74) is 2.16. The van der Waals surface area contributed by atoms with Crippen molar-refractivity contribution in [2.45, 2.75) is 13.8 Å². The largest absolute Gasteiger partial charge is 0.454 e. The maximum atomic E-state index is 12.7. The second-order valence-electron chi connectivity index (χ2n) is 6.47. The Hall–Kier alpha value is -3.94. The van der Waals surface area contributed by atoms with Gasteiger partial charge in [0.05, 0.1) is 0 Å². The number of amides is 1. The van der Waals surface area contributed by atoms with Crippen molar-refractivity contribution in [1.82, 2.24) is 9.97 Å². The molecule has 0 bridgehead atoms. The number of ketones is 1. The van der Waals surface area contributed by atoms with Crippen molar-refractivity contribution in [2.24, 2.45) is 0 Å². The second kappa shape index (κ2) is 7.59. The van der Waals surface area contributed by atoms with Crippen molar-refractivity contribution in [3.63, 3.8) is 0 Å². The molecule has 0 atom stereocenters. The van der Waals surface area contributed by atoms with Crippen LogP contribution in [-0.2, 0) is 0 Å². The predicted molar refractivity (Wildman–Crippen MR) is 107 cm³/mol. The fourth-order valence-corrected chi connectivity index (χ4v) is 2.85. The average molecular weight is 390 g/mol. The molecule has 2 aromatic carbocycles. The summed E-state index contributed by atoms with van der Waals surface area (Å²) in [7, 11) is 0. The fourth-order valence-electron chi connectivity index (χ4n) is 2.85. The van der Waals surface area contributed by atoms with Gasteiger partial charge in [-0.15, -0.1) is 0 Å². The van der Waals surface area contributed by atoms with Crippen LogP contribution in [0.3, 0.4) is 0 Å². The van der Waals surface area contributed by atoms with E-state index in [4.69, 9.17) is 9.47 Å². The molecule has 0 saturated heterocycles. The van der Waals surface area contributed by atoms with Crippen molar-refractivity contribution >= 4 is 28.9 Å². The summed E-state index contributed by atoms with van der Waals surface area (Å²) in [5, 5.41) is 5.92. The van der Waals surface area contributed by atoms with Gasteiger partial charge < -0.3 is 20.1 Å². The van der Waals surface area contributed by atoms with Crippen molar-refractivity contribution < 1.29 is 19.1 Å². The van der Waals surface area contributed by atoms with Crippen molar-refractivity contribution in [3.8, 4) is 11.5 Å². The van der Waals surface area contributed by atoms with Gasteiger partial charge in [-0.25, -0.2) is 9.97 Å². The van der Waals surface area contributed by atoms with Crippen LogP contribution in [0.5, 0.6) is 11.5 Å². The van der Waals surface area contributed by atoms with Gasteiger partial charge >= 0.3 is 0 Å². The topological polar surface area (TPSA) is 102 Å². The van der Waals surface area contributed by atoms with Crippen LogP contribution in [0.25, 0.3) is 0 Å². The van der Waals surface area contributed by atoms with E-state index in [1.54, 1.807) is 55.5 Å². The average Bonchev–Trinajstić information content (AvgIpc) is 3.16. The summed E-state index contributed by atoms with van der Waals surface area (Å²) >= 11 is 0. The van der Waals surface area contributed by atoms with Gasteiger partial charge in [0.25, 0.3) is 5.91 Å². The molecule has 146 valence electrons. The number of nitrogens with one attached hydrogen (secondary N) is 2. The lowest BCUT2D eigenvalue weighted by atomic mass is 10.1. The summed E-state index contributed by atoms with van der Waals surface area (Å²) in [4.78, 5) is 32.6. The lowest BCUT2D eigenvalue weighted by Crippen LogP contribution is -2.15. The summed E-state index contributed by atoms with van der Waals surface area (Å²) in [5.74, 6) is 1.78. The Labute approximate surface area is 166 Å². The number of hydrogen-bond acceptors (Lipinski definition) is 7. The van der Waals surface area contributed by atoms with E-state index in [0.29, 0.717) is 34.4 Å². The van der Waals surface area contributed by atoms with Crippen LogP contribution in [0.2, 0.25) is 0 Å². The van der Waals surface area contributed by atoms with Gasteiger partial charge in [-0.3, -0.25) is 9.59 Å². The number of aryl methyl sites for hydroxylation is 1. The first-order chi connectivity index (χ1) is 14.0. The Bertz CT molecular complexity index is 1100. The number of carbonyl (C=O) groups excluding carboxylic acids is 2. The normalized spacial score (nSPS) is 11.8. The van der Waals surface area contributed by atoms with E-state index in [9.17, 15) is 9.59 Å². The number of fused-ring (bicyclic) bond motifs is 1. The zero-order valence-corrected chi connectivity index (χ0v) is 15.9. The molecule has 8 nitrogen and oxygen atoms in total. The van der Waals surface area contributed by atoms with E-state index in [1.165, 1.54) is 6.92 Å². The minimum Gasteiger partial charge on any atom is -0.454 e. The molecule has 0 saturated carbocycles. The smallest absolute Gasteiger partial charge is 0.274 e. The molecule has 0 radical (unpaired) electrons. The third-order valence-corrected chi connectivity index (χ3v) is 4.26. The second-order valence-corrected chi connectivity index (χ2v) is 6.47. The number of benzene rings is 2. The molecule has 29 heavy (non-hydrogen) atoms. The van der Waals surface area contributed by atoms with Crippen molar-refractivity contribution in [1.29, 1.82) is 0 Å². The fraction of sp³-hybridized carbons (Fsp3) is 0.143. The highest BCUT2D eigenvalue weighted by atomic mass is 16.7. The minimum atomic E-state index is -0.371. The molecule has 0 aliphatic carbocycles. The molecule has 1 amide bonds. The van der Waals surface area contributed by atoms with Crippen molar-refractivity contribution in [3.05, 3.63) is 65.6 Å². The maximum Gasteiger partial charge on any atom is 0.274 e. The molecule has 0 unspecified atom stereocenters. The summed E-state index contributed by atoms with van der Waals surface area (Å²) in [6.07, 6.45) is 0. The molecule has 3 aromatic rings. The van der Waals surface area contributed by atoms with Gasteiger partial charge in [0.15, 0.2) is 17.3 Å². The Morgan fingerprint density at radius 1 is 0.931 bits per heavy atom. The van der Waals surface area contributed by atoms with E-state index in [2.05, 4.69) is 20.6 Å². The third-order valence-electron chi connectivity index (χ3n) is 4.26. The molecule has 2 heterocycles. The van der Waals surface area contributed by atoms with Gasteiger partial charge in [-0.05, 0) is 50.2 Å². The van der Waals surface area contributed by atoms with Gasteiger partial charge in [0.1, 0.15) is 17.3 Å². The number of anilines is 3. The maximum absolute atomic E-state index is 12.7. The number of nitrogens with zero attached hydrogens (tertiary/aromatic N) is 2. The van der Waals surface area contributed by atoms with Crippen molar-refractivity contribution in [2.75, 3.05) is 17.4 Å². The molecule has 1 aliphatic rings. The summed E-state index contributed by atoms with van der Waals surface area (Å²) in [6.45, 7) is 3.39. The standard InChI is InChI=1S/C21H18N4O4/c1-12(26)14-3-5-15(6-4-14)24-20-10-17(22-13(2)23-20)21(27)25-16-7-8-18-19(9-16)29-11-28-18/h3-10H,11H2,1-2H3,(H,25,27)(H,22,23,24). The lowest BCUT2D eigenvalue weighted by Gasteiger charge is -2.10. The van der Waals surface area contributed by atoms with Gasteiger partial charge in [0, 0.05) is 29.1 Å². The first kappa shape index (κ1) is 18.4. The molecule has 0 spiro atoms. The monoisotopic (exact) mass is 390 g/mol. The van der Waals surface area contributed by atoms with E-state index in [1.807, 2.05) is 0 Å². The van der Waals surface area contributed by atoms with E-state index in [0.717, 1.165) is 5.69 Å². The van der Waals surface area contributed by atoms with Crippen LogP contribution in [0, 0.1) is 6.92 Å². The highest BCUT2D eigenvalue weighted by Crippen LogP contribution is 2.34. The number of Topliss-reactive ketones (excluding diaryl/α,β-unsaturated/α-hetero) is 1. The van der Waals surface area contributed by atoms with Gasteiger partial charge in [0.2, 0.25) is 6.79 Å². The quantitative estimate of drug-likeness (QED) is 0.640. The molecular formula is C21H18N4O4. The SMILES string of the molecule is CC(=O)c1ccc(Nc2cc(C(=O)Nc3ccc4c(c3)OCO4)nc(C)n2)cc1. The predicted octanol–water partition coefficient (Wildman–Crippen LogP) is 3.71. The van der Waals surface area contributed by atoms with Crippen LogP contribution in [0.1, 0.15) is 33.6 Å². The number of ether oxygens (including phenoxy) is 2. The lowest BCUT2D eigenvalue weighted by molar-refractivity contribution is 0.101. The summed E-state index contributed by atoms with van der Waals surface area (Å²) < 4.78 is 10.6. The molecule has 4 rings (SSSR count). The highest BCUT2D eigenvalue weighted by molar-refractivity contribution is 6.03. The van der Waals surface area contributed by atoms with E-state index >= 15 is 0 Å². The number of hydrogen-bond donors (Lipinski definition) is 2. The molecule has 8 heteroatoms. The number of aromatic nitrogens is 2. The van der Waals surface area contributed by atoms with Gasteiger partial charge in [-0.2, -0.15) is 0 Å².